The third kappa shape index (κ3) is 6.69. The molecule has 1 aliphatic rings. The van der Waals surface area contributed by atoms with Crippen LogP contribution in [0.5, 0.6) is 0 Å². The fourth-order valence-corrected chi connectivity index (χ4v) is 4.80. The quantitative estimate of drug-likeness (QED) is 0.292. The molecule has 1 unspecified atom stereocenters. The lowest BCUT2D eigenvalue weighted by Gasteiger charge is -2.23. The Balaban J connectivity index is 1.31. The number of anilines is 1. The van der Waals surface area contributed by atoms with Crippen molar-refractivity contribution in [3.05, 3.63) is 63.8 Å². The molecule has 3 aromatic rings. The van der Waals surface area contributed by atoms with Crippen LogP contribution >= 0.6 is 15.9 Å². The molecule has 0 radical (unpaired) electrons. The SMILES string of the molecule is CCCCOCC(=O)Nc1ccc2[nH]c3c(c2c1)CC(CNCCc1ccc(Br)cc1)CC3. The Labute approximate surface area is 204 Å². The number of aryl methyl sites for hydroxylation is 1. The highest BCUT2D eigenvalue weighted by molar-refractivity contribution is 9.10. The second kappa shape index (κ2) is 11.8. The Morgan fingerprint density at radius 1 is 1.21 bits per heavy atom. The zero-order valence-corrected chi connectivity index (χ0v) is 21.0. The molecular formula is C27H34BrN3O2. The molecule has 0 spiro atoms. The van der Waals surface area contributed by atoms with Crippen LogP contribution in [0.25, 0.3) is 10.9 Å². The summed E-state index contributed by atoms with van der Waals surface area (Å²) in [6.07, 6.45) is 6.44. The fourth-order valence-electron chi connectivity index (χ4n) is 4.54. The highest BCUT2D eigenvalue weighted by Gasteiger charge is 2.22. The Kier molecular flexibility index (Phi) is 8.59. The van der Waals surface area contributed by atoms with Crippen LogP contribution in [0.3, 0.4) is 0 Å². The van der Waals surface area contributed by atoms with Gasteiger partial charge in [-0.25, -0.2) is 0 Å². The summed E-state index contributed by atoms with van der Waals surface area (Å²) < 4.78 is 6.56. The average Bonchev–Trinajstić information content (AvgIpc) is 3.18. The lowest BCUT2D eigenvalue weighted by molar-refractivity contribution is -0.120. The molecule has 1 aliphatic carbocycles. The topological polar surface area (TPSA) is 66.1 Å². The molecule has 0 bridgehead atoms. The summed E-state index contributed by atoms with van der Waals surface area (Å²) in [5.74, 6) is 0.536. The van der Waals surface area contributed by atoms with E-state index in [0.29, 0.717) is 12.5 Å². The number of unbranched alkanes of at least 4 members (excludes halogenated alkanes) is 1. The molecule has 0 saturated carbocycles. The molecule has 1 atom stereocenters. The summed E-state index contributed by atoms with van der Waals surface area (Å²) in [5, 5.41) is 7.88. The van der Waals surface area contributed by atoms with E-state index in [1.807, 2.05) is 6.07 Å². The third-order valence-electron chi connectivity index (χ3n) is 6.39. The molecular weight excluding hydrogens is 478 g/mol. The first-order valence-corrected chi connectivity index (χ1v) is 12.9. The van der Waals surface area contributed by atoms with Gasteiger partial charge in [-0.3, -0.25) is 4.79 Å². The Hall–Kier alpha value is -2.15. The van der Waals surface area contributed by atoms with Crippen LogP contribution in [0, 0.1) is 5.92 Å². The zero-order chi connectivity index (χ0) is 23.0. The Morgan fingerprint density at radius 2 is 2.06 bits per heavy atom. The van der Waals surface area contributed by atoms with E-state index in [0.717, 1.165) is 60.9 Å². The molecule has 0 fully saturated rings. The summed E-state index contributed by atoms with van der Waals surface area (Å²) >= 11 is 3.49. The summed E-state index contributed by atoms with van der Waals surface area (Å²) in [6, 6.07) is 14.7. The largest absolute Gasteiger partial charge is 0.372 e. The smallest absolute Gasteiger partial charge is 0.250 e. The molecule has 1 amide bonds. The zero-order valence-electron chi connectivity index (χ0n) is 19.4. The van der Waals surface area contributed by atoms with Crippen molar-refractivity contribution < 1.29 is 9.53 Å². The van der Waals surface area contributed by atoms with Crippen molar-refractivity contribution in [3.8, 4) is 0 Å². The molecule has 0 saturated heterocycles. The lowest BCUT2D eigenvalue weighted by atomic mass is 9.86. The van der Waals surface area contributed by atoms with Gasteiger partial charge in [0.1, 0.15) is 6.61 Å². The van der Waals surface area contributed by atoms with Crippen molar-refractivity contribution in [2.75, 3.05) is 31.6 Å². The maximum atomic E-state index is 12.2. The maximum absolute atomic E-state index is 12.2. The number of halogens is 1. The van der Waals surface area contributed by atoms with Gasteiger partial charge < -0.3 is 20.4 Å². The number of H-pyrrole nitrogens is 1. The Bertz CT molecular complexity index is 1060. The number of carbonyl (C=O) groups excluding carboxylic acids is 1. The number of benzene rings is 2. The number of hydrogen-bond acceptors (Lipinski definition) is 3. The standard InChI is InChI=1S/C27H34BrN3O2/c1-2-3-14-33-18-27(32)30-22-9-11-26-24(16-22)23-15-20(6-10-25(23)31-26)17-29-13-12-19-4-7-21(28)8-5-19/h4-5,7-9,11,16,20,29,31H,2-3,6,10,12-15,17-18H2,1H3,(H,30,32). The molecule has 33 heavy (non-hydrogen) atoms. The van der Waals surface area contributed by atoms with E-state index >= 15 is 0 Å². The van der Waals surface area contributed by atoms with Crippen LogP contribution in [0.2, 0.25) is 0 Å². The van der Waals surface area contributed by atoms with E-state index in [-0.39, 0.29) is 12.5 Å². The fraction of sp³-hybridized carbons (Fsp3) is 0.444. The number of aromatic amines is 1. The van der Waals surface area contributed by atoms with Crippen LogP contribution in [0.15, 0.2) is 46.9 Å². The first-order chi connectivity index (χ1) is 16.1. The van der Waals surface area contributed by atoms with Gasteiger partial charge in [-0.2, -0.15) is 0 Å². The van der Waals surface area contributed by atoms with Gasteiger partial charge in [0.05, 0.1) is 0 Å². The predicted octanol–water partition coefficient (Wildman–Crippen LogP) is 5.62. The maximum Gasteiger partial charge on any atom is 0.250 e. The summed E-state index contributed by atoms with van der Waals surface area (Å²) in [5.41, 5.74) is 6.11. The number of rotatable bonds is 11. The average molecular weight is 512 g/mol. The second-order valence-electron chi connectivity index (χ2n) is 8.99. The van der Waals surface area contributed by atoms with Crippen molar-refractivity contribution >= 4 is 38.4 Å². The minimum absolute atomic E-state index is 0.0947. The van der Waals surface area contributed by atoms with E-state index in [1.54, 1.807) is 0 Å². The van der Waals surface area contributed by atoms with E-state index in [2.05, 4.69) is 74.9 Å². The van der Waals surface area contributed by atoms with E-state index in [9.17, 15) is 4.79 Å². The van der Waals surface area contributed by atoms with Gasteiger partial charge in [0.15, 0.2) is 0 Å². The summed E-state index contributed by atoms with van der Waals surface area (Å²) in [6.45, 7) is 4.88. The highest BCUT2D eigenvalue weighted by atomic mass is 79.9. The van der Waals surface area contributed by atoms with Gasteiger partial charge in [0.2, 0.25) is 5.91 Å². The number of carbonyl (C=O) groups is 1. The molecule has 0 aliphatic heterocycles. The Morgan fingerprint density at radius 3 is 2.88 bits per heavy atom. The predicted molar refractivity (Wildman–Crippen MR) is 139 cm³/mol. The molecule has 5 nitrogen and oxygen atoms in total. The van der Waals surface area contributed by atoms with E-state index < -0.39 is 0 Å². The van der Waals surface area contributed by atoms with Gasteiger partial charge in [-0.05, 0) is 92.6 Å². The number of hydrogen-bond donors (Lipinski definition) is 3. The third-order valence-corrected chi connectivity index (χ3v) is 6.91. The molecule has 6 heteroatoms. The normalized spacial score (nSPS) is 15.5. The van der Waals surface area contributed by atoms with Gasteiger partial charge in [-0.15, -0.1) is 0 Å². The van der Waals surface area contributed by atoms with Crippen molar-refractivity contribution in [1.29, 1.82) is 0 Å². The van der Waals surface area contributed by atoms with E-state index in [4.69, 9.17) is 4.74 Å². The molecule has 1 heterocycles. The van der Waals surface area contributed by atoms with Crippen molar-refractivity contribution in [2.24, 2.45) is 5.92 Å². The lowest BCUT2D eigenvalue weighted by Crippen LogP contribution is -2.28. The van der Waals surface area contributed by atoms with Crippen LogP contribution in [0.1, 0.15) is 43.0 Å². The minimum atomic E-state index is -0.0947. The number of amides is 1. The van der Waals surface area contributed by atoms with Crippen LogP contribution in [-0.4, -0.2) is 37.2 Å². The van der Waals surface area contributed by atoms with Crippen molar-refractivity contribution in [2.45, 2.75) is 45.4 Å². The first-order valence-electron chi connectivity index (χ1n) is 12.1. The molecule has 176 valence electrons. The molecule has 2 aromatic carbocycles. The van der Waals surface area contributed by atoms with Crippen molar-refractivity contribution in [3.63, 3.8) is 0 Å². The van der Waals surface area contributed by atoms with Gasteiger partial charge in [0.25, 0.3) is 0 Å². The summed E-state index contributed by atoms with van der Waals surface area (Å²) in [7, 11) is 0. The highest BCUT2D eigenvalue weighted by Crippen LogP contribution is 2.33. The van der Waals surface area contributed by atoms with Crippen LogP contribution in [-0.2, 0) is 28.8 Å². The van der Waals surface area contributed by atoms with E-state index in [1.165, 1.54) is 28.6 Å². The van der Waals surface area contributed by atoms with Crippen LogP contribution < -0.4 is 10.6 Å². The van der Waals surface area contributed by atoms with Crippen molar-refractivity contribution in [1.82, 2.24) is 10.3 Å². The van der Waals surface area contributed by atoms with Crippen LogP contribution in [0.4, 0.5) is 5.69 Å². The van der Waals surface area contributed by atoms with Gasteiger partial charge in [-0.1, -0.05) is 41.4 Å². The molecule has 1 aromatic heterocycles. The monoisotopic (exact) mass is 511 g/mol. The number of aromatic nitrogens is 1. The van der Waals surface area contributed by atoms with Gasteiger partial charge >= 0.3 is 0 Å². The molecule has 3 N–H and O–H groups in total. The van der Waals surface area contributed by atoms with Gasteiger partial charge in [0, 0.05) is 33.4 Å². The number of fused-ring (bicyclic) bond motifs is 3. The first kappa shape index (κ1) is 24.0. The number of ether oxygens (including phenoxy) is 1. The number of nitrogens with one attached hydrogen (secondary N) is 3. The molecule has 4 rings (SSSR count). The second-order valence-corrected chi connectivity index (χ2v) is 9.90. The summed E-state index contributed by atoms with van der Waals surface area (Å²) in [4.78, 5) is 15.8. The minimum Gasteiger partial charge on any atom is -0.372 e.